The quantitative estimate of drug-likeness (QED) is 0.798. The third kappa shape index (κ3) is 2.38. The van der Waals surface area contributed by atoms with Crippen molar-refractivity contribution in [2.45, 2.75) is 25.7 Å². The Kier molecular flexibility index (Phi) is 3.61. The molecule has 1 heterocycles. The van der Waals surface area contributed by atoms with Crippen LogP contribution in [0.4, 0.5) is 5.69 Å². The highest BCUT2D eigenvalue weighted by Crippen LogP contribution is 2.40. The van der Waals surface area contributed by atoms with Gasteiger partial charge in [-0.05, 0) is 37.1 Å². The summed E-state index contributed by atoms with van der Waals surface area (Å²) in [6.07, 6.45) is 3.67. The lowest BCUT2D eigenvalue weighted by Crippen LogP contribution is -2.30. The molecule has 1 aromatic rings. The topological polar surface area (TPSA) is 70.4 Å². The van der Waals surface area contributed by atoms with Gasteiger partial charge in [0, 0.05) is 0 Å². The summed E-state index contributed by atoms with van der Waals surface area (Å²) >= 11 is 0. The van der Waals surface area contributed by atoms with Gasteiger partial charge in [0.1, 0.15) is 11.8 Å². The molecule has 2 unspecified atom stereocenters. The number of nitriles is 1. The van der Waals surface area contributed by atoms with E-state index in [1.165, 1.54) is 4.90 Å². The zero-order valence-electron chi connectivity index (χ0n) is 11.6. The van der Waals surface area contributed by atoms with Crippen molar-refractivity contribution in [1.82, 2.24) is 0 Å². The van der Waals surface area contributed by atoms with Crippen molar-refractivity contribution in [2.24, 2.45) is 11.8 Å². The van der Waals surface area contributed by atoms with Gasteiger partial charge >= 0.3 is 0 Å². The molecule has 1 saturated carbocycles. The molecule has 1 aliphatic carbocycles. The van der Waals surface area contributed by atoms with Crippen LogP contribution in [0.5, 0.6) is 5.75 Å². The minimum absolute atomic E-state index is 0.0227. The molecule has 1 aliphatic heterocycles. The fraction of sp³-hybridized carbons (Fsp3) is 0.438. The summed E-state index contributed by atoms with van der Waals surface area (Å²) < 4.78 is 5.17. The lowest BCUT2D eigenvalue weighted by Gasteiger charge is -2.19. The van der Waals surface area contributed by atoms with E-state index in [1.54, 1.807) is 24.3 Å². The second-order valence-electron chi connectivity index (χ2n) is 5.45. The Balaban J connectivity index is 1.81. The predicted octanol–water partition coefficient (Wildman–Crippen LogP) is 2.27. The van der Waals surface area contributed by atoms with Crippen LogP contribution >= 0.6 is 0 Å². The maximum Gasteiger partial charge on any atom is 0.237 e. The molecule has 2 aliphatic rings. The van der Waals surface area contributed by atoms with Crippen LogP contribution < -0.4 is 9.64 Å². The van der Waals surface area contributed by atoms with Gasteiger partial charge in [0.25, 0.3) is 0 Å². The van der Waals surface area contributed by atoms with Crippen molar-refractivity contribution in [2.75, 3.05) is 11.5 Å². The molecule has 3 rings (SSSR count). The standard InChI is InChI=1S/C16H16N2O3/c17-9-10-21-12-7-5-11(6-8-12)18-15(19)13-3-1-2-4-14(13)16(18)20/h5-8,13-14H,1-4,10H2. The van der Waals surface area contributed by atoms with Gasteiger partial charge in [-0.15, -0.1) is 0 Å². The predicted molar refractivity (Wildman–Crippen MR) is 75.5 cm³/mol. The van der Waals surface area contributed by atoms with Gasteiger partial charge in [0.05, 0.1) is 17.5 Å². The lowest BCUT2D eigenvalue weighted by atomic mass is 9.81. The fourth-order valence-corrected chi connectivity index (χ4v) is 3.22. The first-order valence-electron chi connectivity index (χ1n) is 7.20. The van der Waals surface area contributed by atoms with Crippen LogP contribution in [0.1, 0.15) is 25.7 Å². The normalized spacial score (nSPS) is 24.6. The Morgan fingerprint density at radius 1 is 1.10 bits per heavy atom. The number of nitrogens with zero attached hydrogens (tertiary/aromatic N) is 2. The number of carbonyl (C=O) groups is 2. The smallest absolute Gasteiger partial charge is 0.237 e. The van der Waals surface area contributed by atoms with Gasteiger partial charge in [-0.3, -0.25) is 14.5 Å². The maximum absolute atomic E-state index is 12.4. The van der Waals surface area contributed by atoms with Gasteiger partial charge in [-0.2, -0.15) is 5.26 Å². The number of anilines is 1. The molecule has 108 valence electrons. The molecule has 5 heteroatoms. The van der Waals surface area contributed by atoms with E-state index >= 15 is 0 Å². The Morgan fingerprint density at radius 2 is 1.67 bits per heavy atom. The van der Waals surface area contributed by atoms with Gasteiger partial charge < -0.3 is 4.74 Å². The van der Waals surface area contributed by atoms with Gasteiger partial charge in [-0.1, -0.05) is 12.8 Å². The largest absolute Gasteiger partial charge is 0.479 e. The Bertz CT molecular complexity index is 579. The van der Waals surface area contributed by atoms with Crippen LogP contribution in [0, 0.1) is 23.2 Å². The van der Waals surface area contributed by atoms with Crippen molar-refractivity contribution < 1.29 is 14.3 Å². The number of imide groups is 1. The molecule has 0 radical (unpaired) electrons. The van der Waals surface area contributed by atoms with Gasteiger partial charge in [0.2, 0.25) is 11.8 Å². The van der Waals surface area contributed by atoms with Crippen LogP contribution in [-0.4, -0.2) is 18.4 Å². The van der Waals surface area contributed by atoms with Gasteiger partial charge in [0.15, 0.2) is 6.61 Å². The van der Waals surface area contributed by atoms with E-state index in [-0.39, 0.29) is 30.3 Å². The molecule has 21 heavy (non-hydrogen) atoms. The summed E-state index contributed by atoms with van der Waals surface area (Å²) in [4.78, 5) is 26.2. The van der Waals surface area contributed by atoms with Crippen molar-refractivity contribution in [3.63, 3.8) is 0 Å². The van der Waals surface area contributed by atoms with E-state index in [0.717, 1.165) is 25.7 Å². The summed E-state index contributed by atoms with van der Waals surface area (Å²) in [5.74, 6) is 0.129. The fourth-order valence-electron chi connectivity index (χ4n) is 3.22. The number of fused-ring (bicyclic) bond motifs is 1. The zero-order chi connectivity index (χ0) is 14.8. The number of ether oxygens (including phenoxy) is 1. The molecule has 2 amide bonds. The minimum Gasteiger partial charge on any atom is -0.479 e. The number of hydrogen-bond donors (Lipinski definition) is 0. The average molecular weight is 284 g/mol. The first kappa shape index (κ1) is 13.6. The van der Waals surface area contributed by atoms with Crippen molar-refractivity contribution in [3.05, 3.63) is 24.3 Å². The lowest BCUT2D eigenvalue weighted by molar-refractivity contribution is -0.122. The van der Waals surface area contributed by atoms with E-state index in [1.807, 2.05) is 6.07 Å². The monoisotopic (exact) mass is 284 g/mol. The molecule has 2 atom stereocenters. The minimum atomic E-state index is -0.138. The van der Waals surface area contributed by atoms with E-state index in [9.17, 15) is 9.59 Å². The summed E-state index contributed by atoms with van der Waals surface area (Å²) in [6.45, 7) is -0.0227. The molecule has 0 bridgehead atoms. The molecular formula is C16H16N2O3. The SMILES string of the molecule is N#CCOc1ccc(N2C(=O)C3CCCCC3C2=O)cc1. The first-order chi connectivity index (χ1) is 10.2. The Hall–Kier alpha value is -2.35. The molecule has 5 nitrogen and oxygen atoms in total. The third-order valence-corrected chi connectivity index (χ3v) is 4.24. The summed E-state index contributed by atoms with van der Waals surface area (Å²) in [5, 5.41) is 8.47. The highest BCUT2D eigenvalue weighted by atomic mass is 16.5. The van der Waals surface area contributed by atoms with Crippen LogP contribution in [0.25, 0.3) is 0 Å². The van der Waals surface area contributed by atoms with Gasteiger partial charge in [-0.25, -0.2) is 0 Å². The third-order valence-electron chi connectivity index (χ3n) is 4.24. The molecule has 0 N–H and O–H groups in total. The van der Waals surface area contributed by atoms with Crippen molar-refractivity contribution >= 4 is 17.5 Å². The number of rotatable bonds is 3. The molecule has 1 aromatic carbocycles. The summed E-state index contributed by atoms with van der Waals surface area (Å²) in [7, 11) is 0. The van der Waals surface area contributed by atoms with Crippen molar-refractivity contribution in [1.29, 1.82) is 5.26 Å². The summed E-state index contributed by atoms with van der Waals surface area (Å²) in [5.41, 5.74) is 0.587. The van der Waals surface area contributed by atoms with Crippen LogP contribution in [0.3, 0.4) is 0 Å². The summed E-state index contributed by atoms with van der Waals surface area (Å²) in [6, 6.07) is 8.63. The van der Waals surface area contributed by atoms with Crippen LogP contribution in [0.2, 0.25) is 0 Å². The Morgan fingerprint density at radius 3 is 2.19 bits per heavy atom. The number of hydrogen-bond acceptors (Lipinski definition) is 4. The highest BCUT2D eigenvalue weighted by molar-refractivity contribution is 6.22. The van der Waals surface area contributed by atoms with Crippen molar-refractivity contribution in [3.8, 4) is 11.8 Å². The molecule has 0 spiro atoms. The second kappa shape index (κ2) is 5.57. The van der Waals surface area contributed by atoms with E-state index in [0.29, 0.717) is 11.4 Å². The highest BCUT2D eigenvalue weighted by Gasteiger charge is 2.48. The first-order valence-corrected chi connectivity index (χ1v) is 7.20. The van der Waals surface area contributed by atoms with Crippen LogP contribution in [0.15, 0.2) is 24.3 Å². The van der Waals surface area contributed by atoms with Crippen LogP contribution in [-0.2, 0) is 9.59 Å². The number of carbonyl (C=O) groups excluding carboxylic acids is 2. The van der Waals surface area contributed by atoms with E-state index < -0.39 is 0 Å². The molecule has 0 aromatic heterocycles. The molecular weight excluding hydrogens is 268 g/mol. The molecule has 2 fully saturated rings. The zero-order valence-corrected chi connectivity index (χ0v) is 11.6. The molecule has 1 saturated heterocycles. The number of benzene rings is 1. The van der Waals surface area contributed by atoms with E-state index in [4.69, 9.17) is 10.00 Å². The number of amides is 2. The van der Waals surface area contributed by atoms with E-state index in [2.05, 4.69) is 0 Å². The average Bonchev–Trinajstić information content (AvgIpc) is 2.78. The second-order valence-corrected chi connectivity index (χ2v) is 5.45. The maximum atomic E-state index is 12.4. The Labute approximate surface area is 123 Å².